The summed E-state index contributed by atoms with van der Waals surface area (Å²) in [6.45, 7) is 5.12. The number of anilines is 1. The Hall–Kier alpha value is -1.91. The summed E-state index contributed by atoms with van der Waals surface area (Å²) < 4.78 is 7.11. The maximum absolute atomic E-state index is 12.1. The SMILES string of the molecule is CC1CCN(c2cccc(Cl)c2Cl)CCCC1CCCCn1c(=O)oc2ccccc21. The monoisotopic (exact) mass is 460 g/mol. The number of para-hydroxylation sites is 2. The van der Waals surface area contributed by atoms with E-state index >= 15 is 0 Å². The maximum atomic E-state index is 12.1. The molecule has 4 nitrogen and oxygen atoms in total. The molecule has 1 fully saturated rings. The van der Waals surface area contributed by atoms with E-state index in [1.165, 1.54) is 12.8 Å². The van der Waals surface area contributed by atoms with E-state index in [-0.39, 0.29) is 5.76 Å². The molecule has 0 spiro atoms. The third-order valence-electron chi connectivity index (χ3n) is 6.71. The van der Waals surface area contributed by atoms with Crippen LogP contribution in [0.4, 0.5) is 5.69 Å². The highest BCUT2D eigenvalue weighted by Gasteiger charge is 2.22. The number of nitrogens with zero attached hydrogens (tertiary/aromatic N) is 2. The number of benzene rings is 2. The lowest BCUT2D eigenvalue weighted by Crippen LogP contribution is -2.31. The zero-order valence-electron chi connectivity index (χ0n) is 18.0. The topological polar surface area (TPSA) is 38.4 Å². The van der Waals surface area contributed by atoms with E-state index < -0.39 is 0 Å². The smallest absolute Gasteiger partial charge is 0.408 e. The third-order valence-corrected chi connectivity index (χ3v) is 7.52. The highest BCUT2D eigenvalue weighted by atomic mass is 35.5. The van der Waals surface area contributed by atoms with Gasteiger partial charge >= 0.3 is 5.76 Å². The van der Waals surface area contributed by atoms with Gasteiger partial charge in [0.1, 0.15) is 0 Å². The Morgan fingerprint density at radius 2 is 1.87 bits per heavy atom. The van der Waals surface area contributed by atoms with Crippen LogP contribution in [0.1, 0.15) is 45.4 Å². The number of oxazole rings is 1. The first-order chi connectivity index (χ1) is 15.0. The van der Waals surface area contributed by atoms with Crippen LogP contribution in [0.25, 0.3) is 11.1 Å². The minimum atomic E-state index is -0.250. The van der Waals surface area contributed by atoms with E-state index in [1.54, 1.807) is 4.57 Å². The van der Waals surface area contributed by atoms with Gasteiger partial charge in [0.15, 0.2) is 5.58 Å². The minimum absolute atomic E-state index is 0.250. The summed E-state index contributed by atoms with van der Waals surface area (Å²) in [6.07, 6.45) is 6.87. The standard InChI is InChI=1S/C25H30Cl2N2O2/c1-18-14-17-28(22-12-6-10-20(26)24(22)27)15-7-9-19(18)8-4-5-16-29-21-11-2-3-13-23(21)31-25(29)30/h2-3,6,10-13,18-19H,4-5,7-9,14-17H2,1H3. The molecule has 31 heavy (non-hydrogen) atoms. The normalized spacial score (nSPS) is 20.0. The fourth-order valence-electron chi connectivity index (χ4n) is 4.84. The van der Waals surface area contributed by atoms with Gasteiger partial charge in [0, 0.05) is 19.6 Å². The number of aromatic nitrogens is 1. The molecule has 0 aliphatic carbocycles. The van der Waals surface area contributed by atoms with Crippen molar-refractivity contribution < 1.29 is 4.42 Å². The van der Waals surface area contributed by atoms with E-state index in [0.29, 0.717) is 21.5 Å². The summed E-state index contributed by atoms with van der Waals surface area (Å²) in [5, 5.41) is 1.28. The van der Waals surface area contributed by atoms with Gasteiger partial charge in [-0.25, -0.2) is 4.79 Å². The molecule has 1 aliphatic heterocycles. The molecule has 166 valence electrons. The Balaban J connectivity index is 1.29. The van der Waals surface area contributed by atoms with Gasteiger partial charge in [-0.1, -0.05) is 61.2 Å². The second-order valence-corrected chi connectivity index (χ2v) is 9.50. The van der Waals surface area contributed by atoms with Crippen molar-refractivity contribution in [3.05, 3.63) is 63.1 Å². The Kier molecular flexibility index (Phi) is 7.29. The highest BCUT2D eigenvalue weighted by Crippen LogP contribution is 2.35. The van der Waals surface area contributed by atoms with Gasteiger partial charge in [-0.3, -0.25) is 4.57 Å². The number of rotatable bonds is 6. The molecule has 2 unspecified atom stereocenters. The molecule has 0 saturated carbocycles. The first-order valence-electron chi connectivity index (χ1n) is 11.3. The molecule has 1 aliphatic rings. The molecule has 1 aromatic heterocycles. The number of hydrogen-bond acceptors (Lipinski definition) is 3. The Morgan fingerprint density at radius 1 is 1.03 bits per heavy atom. The lowest BCUT2D eigenvalue weighted by Gasteiger charge is -2.34. The molecular formula is C25H30Cl2N2O2. The molecule has 0 N–H and O–H groups in total. The molecule has 0 amide bonds. The first-order valence-corrected chi connectivity index (χ1v) is 12.1. The average molecular weight is 461 g/mol. The number of aryl methyl sites for hydroxylation is 1. The first kappa shape index (κ1) is 22.3. The summed E-state index contributed by atoms with van der Waals surface area (Å²) in [4.78, 5) is 14.5. The van der Waals surface area contributed by atoms with Gasteiger partial charge in [-0.05, 0) is 61.8 Å². The van der Waals surface area contributed by atoms with Crippen molar-refractivity contribution in [2.75, 3.05) is 18.0 Å². The molecule has 0 bridgehead atoms. The van der Waals surface area contributed by atoms with Gasteiger partial charge in [0.2, 0.25) is 0 Å². The van der Waals surface area contributed by atoms with Crippen LogP contribution >= 0.6 is 23.2 Å². The molecule has 1 saturated heterocycles. The molecular weight excluding hydrogens is 431 g/mol. The Bertz CT molecular complexity index is 1070. The van der Waals surface area contributed by atoms with Gasteiger partial charge < -0.3 is 9.32 Å². The van der Waals surface area contributed by atoms with E-state index in [9.17, 15) is 4.79 Å². The van der Waals surface area contributed by atoms with E-state index in [4.69, 9.17) is 27.6 Å². The molecule has 2 atom stereocenters. The van der Waals surface area contributed by atoms with E-state index in [1.807, 2.05) is 36.4 Å². The number of halogens is 2. The van der Waals surface area contributed by atoms with Crippen molar-refractivity contribution >= 4 is 40.0 Å². The molecule has 2 aromatic carbocycles. The third kappa shape index (κ3) is 5.12. The van der Waals surface area contributed by atoms with Gasteiger partial charge in [0.25, 0.3) is 0 Å². The van der Waals surface area contributed by atoms with Crippen molar-refractivity contribution in [3.8, 4) is 0 Å². The minimum Gasteiger partial charge on any atom is -0.408 e. The van der Waals surface area contributed by atoms with E-state index in [0.717, 1.165) is 62.4 Å². The number of hydrogen-bond donors (Lipinski definition) is 0. The van der Waals surface area contributed by atoms with Crippen molar-refractivity contribution in [2.24, 2.45) is 11.8 Å². The quantitative estimate of drug-likeness (QED) is 0.371. The van der Waals surface area contributed by atoms with E-state index in [2.05, 4.69) is 17.9 Å². The lowest BCUT2D eigenvalue weighted by molar-refractivity contribution is 0.273. The van der Waals surface area contributed by atoms with Crippen molar-refractivity contribution in [1.82, 2.24) is 4.57 Å². The zero-order valence-corrected chi connectivity index (χ0v) is 19.5. The molecule has 4 rings (SSSR count). The number of unbranched alkanes of at least 4 members (excludes halogenated alkanes) is 1. The van der Waals surface area contributed by atoms with Crippen LogP contribution in [0.3, 0.4) is 0 Å². The van der Waals surface area contributed by atoms with Crippen LogP contribution in [-0.4, -0.2) is 17.7 Å². The van der Waals surface area contributed by atoms with Crippen LogP contribution in [0, 0.1) is 11.8 Å². The van der Waals surface area contributed by atoms with Crippen molar-refractivity contribution in [2.45, 2.75) is 52.0 Å². The van der Waals surface area contributed by atoms with Gasteiger partial charge in [-0.15, -0.1) is 0 Å². The summed E-state index contributed by atoms with van der Waals surface area (Å²) >= 11 is 12.7. The number of fused-ring (bicyclic) bond motifs is 1. The molecule has 0 radical (unpaired) electrons. The molecule has 6 heteroatoms. The van der Waals surface area contributed by atoms with Crippen LogP contribution in [0.2, 0.25) is 10.0 Å². The fraction of sp³-hybridized carbons (Fsp3) is 0.480. The molecule has 3 aromatic rings. The fourth-order valence-corrected chi connectivity index (χ4v) is 5.26. The predicted octanol–water partition coefficient (Wildman–Crippen LogP) is 7.01. The highest BCUT2D eigenvalue weighted by molar-refractivity contribution is 6.43. The predicted molar refractivity (Wildman–Crippen MR) is 130 cm³/mol. The van der Waals surface area contributed by atoms with Gasteiger partial charge in [0.05, 0.1) is 21.2 Å². The summed E-state index contributed by atoms with van der Waals surface area (Å²) in [7, 11) is 0. The van der Waals surface area contributed by atoms with Gasteiger partial charge in [-0.2, -0.15) is 0 Å². The maximum Gasteiger partial charge on any atom is 0.419 e. The Morgan fingerprint density at radius 3 is 2.74 bits per heavy atom. The summed E-state index contributed by atoms with van der Waals surface area (Å²) in [6, 6.07) is 13.5. The average Bonchev–Trinajstić information content (AvgIpc) is 3.07. The van der Waals surface area contributed by atoms with Crippen molar-refractivity contribution in [3.63, 3.8) is 0 Å². The van der Waals surface area contributed by atoms with Crippen LogP contribution in [0.15, 0.2) is 51.7 Å². The summed E-state index contributed by atoms with van der Waals surface area (Å²) in [5.41, 5.74) is 2.62. The Labute approximate surface area is 193 Å². The zero-order chi connectivity index (χ0) is 21.8. The van der Waals surface area contributed by atoms with Crippen LogP contribution in [0.5, 0.6) is 0 Å². The second kappa shape index (κ2) is 10.1. The second-order valence-electron chi connectivity index (χ2n) is 8.71. The largest absolute Gasteiger partial charge is 0.419 e. The van der Waals surface area contributed by atoms with Crippen molar-refractivity contribution in [1.29, 1.82) is 0 Å². The van der Waals surface area contributed by atoms with Crippen LogP contribution < -0.4 is 10.7 Å². The molecule has 2 heterocycles. The lowest BCUT2D eigenvalue weighted by atomic mass is 9.82. The summed E-state index contributed by atoms with van der Waals surface area (Å²) in [5.74, 6) is 1.15. The van der Waals surface area contributed by atoms with Crippen LogP contribution in [-0.2, 0) is 6.54 Å².